The Bertz CT molecular complexity index is 1680. The number of amides is 1. The third-order valence-corrected chi connectivity index (χ3v) is 8.59. The first-order chi connectivity index (χ1) is 20.5. The zero-order chi connectivity index (χ0) is 29.1. The summed E-state index contributed by atoms with van der Waals surface area (Å²) in [6, 6.07) is 26.0. The highest BCUT2D eigenvalue weighted by Gasteiger charge is 2.20. The Hall–Kier alpha value is -4.20. The number of aliphatic hydroxyl groups excluding tert-OH is 1. The second-order valence-electron chi connectivity index (χ2n) is 11.3. The van der Waals surface area contributed by atoms with Crippen LogP contribution in [0.1, 0.15) is 41.6 Å². The van der Waals surface area contributed by atoms with E-state index < -0.39 is 0 Å². The molecule has 0 bridgehead atoms. The molecule has 5 aromatic rings. The number of rotatable bonds is 9. The molecule has 2 aromatic heterocycles. The van der Waals surface area contributed by atoms with Gasteiger partial charge in [-0.05, 0) is 98.8 Å². The summed E-state index contributed by atoms with van der Waals surface area (Å²) < 4.78 is 7.53. The van der Waals surface area contributed by atoms with E-state index in [2.05, 4.69) is 46.1 Å². The smallest absolute Gasteiger partial charge is 0.256 e. The van der Waals surface area contributed by atoms with Gasteiger partial charge in [-0.1, -0.05) is 30.3 Å². The average Bonchev–Trinajstić information content (AvgIpc) is 3.32. The van der Waals surface area contributed by atoms with E-state index in [1.807, 2.05) is 54.6 Å². The van der Waals surface area contributed by atoms with Crippen LogP contribution in [0, 0.1) is 5.92 Å². The molecule has 0 radical (unpaired) electrons. The SMILES string of the molecule is COc1ccc(-c2nc(NC(=O)c3ccc(CN4CCC(CCCO)CC4)cc3)cc3c4ccccc4n(C)c23)cc1. The Morgan fingerprint density at radius 1 is 1.00 bits per heavy atom. The fourth-order valence-corrected chi connectivity index (χ4v) is 6.23. The Morgan fingerprint density at radius 2 is 1.74 bits per heavy atom. The zero-order valence-corrected chi connectivity index (χ0v) is 24.3. The molecule has 1 aliphatic rings. The highest BCUT2D eigenvalue weighted by Crippen LogP contribution is 2.36. The molecule has 6 rings (SSSR count). The van der Waals surface area contributed by atoms with E-state index >= 15 is 0 Å². The van der Waals surface area contributed by atoms with E-state index in [0.29, 0.717) is 11.4 Å². The zero-order valence-electron chi connectivity index (χ0n) is 24.3. The number of nitrogens with one attached hydrogen (secondary N) is 1. The number of benzene rings is 3. The number of carbonyl (C=O) groups is 1. The van der Waals surface area contributed by atoms with Gasteiger partial charge in [0.1, 0.15) is 11.6 Å². The Morgan fingerprint density at radius 3 is 2.45 bits per heavy atom. The van der Waals surface area contributed by atoms with Crippen molar-refractivity contribution in [3.05, 3.63) is 90.0 Å². The molecule has 42 heavy (non-hydrogen) atoms. The summed E-state index contributed by atoms with van der Waals surface area (Å²) in [6.07, 6.45) is 4.40. The van der Waals surface area contributed by atoms with Crippen LogP contribution in [0.15, 0.2) is 78.9 Å². The Kier molecular flexibility index (Phi) is 8.22. The summed E-state index contributed by atoms with van der Waals surface area (Å²) in [4.78, 5) is 20.8. The summed E-state index contributed by atoms with van der Waals surface area (Å²) >= 11 is 0. The van der Waals surface area contributed by atoms with Gasteiger partial charge in [0.05, 0.1) is 18.3 Å². The van der Waals surface area contributed by atoms with Gasteiger partial charge < -0.3 is 19.7 Å². The molecule has 0 unspecified atom stereocenters. The maximum Gasteiger partial charge on any atom is 0.256 e. The number of methoxy groups -OCH3 is 1. The molecular formula is C35H38N4O3. The number of hydrogen-bond donors (Lipinski definition) is 2. The summed E-state index contributed by atoms with van der Waals surface area (Å²) in [7, 11) is 3.71. The molecule has 7 heteroatoms. The van der Waals surface area contributed by atoms with Gasteiger partial charge in [-0.2, -0.15) is 0 Å². The quantitative estimate of drug-likeness (QED) is 0.211. The first-order valence-corrected chi connectivity index (χ1v) is 14.8. The first kappa shape index (κ1) is 27.9. The van der Waals surface area contributed by atoms with Crippen LogP contribution in [0.2, 0.25) is 0 Å². The third kappa shape index (κ3) is 5.75. The van der Waals surface area contributed by atoms with Crippen LogP contribution in [0.5, 0.6) is 5.75 Å². The number of aryl methyl sites for hydroxylation is 1. The maximum absolute atomic E-state index is 13.4. The number of hydrogen-bond acceptors (Lipinski definition) is 5. The van der Waals surface area contributed by atoms with Crippen molar-refractivity contribution in [2.45, 2.75) is 32.2 Å². The summed E-state index contributed by atoms with van der Waals surface area (Å²) in [5, 5.41) is 14.3. The van der Waals surface area contributed by atoms with Gasteiger partial charge in [0.25, 0.3) is 5.91 Å². The predicted molar refractivity (Wildman–Crippen MR) is 169 cm³/mol. The van der Waals surface area contributed by atoms with Gasteiger partial charge in [-0.3, -0.25) is 9.69 Å². The van der Waals surface area contributed by atoms with Gasteiger partial charge in [-0.25, -0.2) is 4.98 Å². The van der Waals surface area contributed by atoms with Crippen LogP contribution in [-0.4, -0.2) is 52.3 Å². The van der Waals surface area contributed by atoms with Crippen molar-refractivity contribution in [1.82, 2.24) is 14.5 Å². The summed E-state index contributed by atoms with van der Waals surface area (Å²) in [6.45, 7) is 3.34. The molecule has 1 amide bonds. The van der Waals surface area contributed by atoms with E-state index in [1.54, 1.807) is 7.11 Å². The van der Waals surface area contributed by atoms with Crippen molar-refractivity contribution in [3.63, 3.8) is 0 Å². The monoisotopic (exact) mass is 562 g/mol. The number of para-hydroxylation sites is 1. The maximum atomic E-state index is 13.4. The second-order valence-corrected chi connectivity index (χ2v) is 11.3. The minimum absolute atomic E-state index is 0.181. The van der Waals surface area contributed by atoms with Crippen molar-refractivity contribution >= 4 is 33.5 Å². The summed E-state index contributed by atoms with van der Waals surface area (Å²) in [5.41, 5.74) is 5.69. The topological polar surface area (TPSA) is 79.6 Å². The Balaban J connectivity index is 1.22. The normalized spacial score (nSPS) is 14.5. The van der Waals surface area contributed by atoms with Crippen molar-refractivity contribution in [2.75, 3.05) is 32.1 Å². The molecule has 0 aliphatic carbocycles. The van der Waals surface area contributed by atoms with Crippen LogP contribution in [0.25, 0.3) is 33.1 Å². The van der Waals surface area contributed by atoms with Crippen LogP contribution in [0.4, 0.5) is 5.82 Å². The molecule has 2 N–H and O–H groups in total. The number of piperidine rings is 1. The third-order valence-electron chi connectivity index (χ3n) is 8.59. The lowest BCUT2D eigenvalue weighted by Crippen LogP contribution is -2.33. The van der Waals surface area contributed by atoms with Gasteiger partial charge in [-0.15, -0.1) is 0 Å². The van der Waals surface area contributed by atoms with Crippen molar-refractivity contribution < 1.29 is 14.6 Å². The minimum atomic E-state index is -0.181. The average molecular weight is 563 g/mol. The highest BCUT2D eigenvalue weighted by atomic mass is 16.5. The number of likely N-dealkylation sites (tertiary alicyclic amines) is 1. The van der Waals surface area contributed by atoms with Crippen LogP contribution in [-0.2, 0) is 13.6 Å². The van der Waals surface area contributed by atoms with Gasteiger partial charge in [0.2, 0.25) is 0 Å². The predicted octanol–water partition coefficient (Wildman–Crippen LogP) is 6.64. The van der Waals surface area contributed by atoms with Crippen molar-refractivity contribution in [3.8, 4) is 17.0 Å². The highest BCUT2D eigenvalue weighted by molar-refractivity contribution is 6.14. The molecule has 1 aliphatic heterocycles. The van der Waals surface area contributed by atoms with E-state index in [-0.39, 0.29) is 12.5 Å². The number of aromatic nitrogens is 2. The van der Waals surface area contributed by atoms with E-state index in [1.165, 1.54) is 18.4 Å². The molecule has 7 nitrogen and oxygen atoms in total. The molecule has 216 valence electrons. The lowest BCUT2D eigenvalue weighted by atomic mass is 9.92. The lowest BCUT2D eigenvalue weighted by molar-refractivity contribution is 0.102. The molecule has 3 aromatic carbocycles. The standard InChI is InChI=1S/C35H38N4O3/c1-38-31-8-4-3-7-29(31)30-22-32(36-33(34(30)38)26-13-15-28(42-2)16-14-26)37-35(41)27-11-9-25(10-12-27)23-39-19-17-24(18-20-39)6-5-21-40/h3-4,7-16,22,24,40H,5-6,17-21,23H2,1-2H3,(H,36,37,41). The molecule has 0 spiro atoms. The van der Waals surface area contributed by atoms with Crippen LogP contribution < -0.4 is 10.1 Å². The number of ether oxygens (including phenoxy) is 1. The molecule has 3 heterocycles. The fourth-order valence-electron chi connectivity index (χ4n) is 6.23. The summed E-state index contributed by atoms with van der Waals surface area (Å²) in [5.74, 6) is 1.84. The van der Waals surface area contributed by atoms with E-state index in [9.17, 15) is 4.79 Å². The number of pyridine rings is 1. The van der Waals surface area contributed by atoms with Gasteiger partial charge in [0.15, 0.2) is 0 Å². The fraction of sp³-hybridized carbons (Fsp3) is 0.314. The largest absolute Gasteiger partial charge is 0.497 e. The van der Waals surface area contributed by atoms with E-state index in [0.717, 1.165) is 77.2 Å². The van der Waals surface area contributed by atoms with Crippen molar-refractivity contribution in [1.29, 1.82) is 0 Å². The molecule has 0 saturated carbocycles. The van der Waals surface area contributed by atoms with Crippen molar-refractivity contribution in [2.24, 2.45) is 13.0 Å². The number of carbonyl (C=O) groups excluding carboxylic acids is 1. The van der Waals surface area contributed by atoms with Gasteiger partial charge in [0, 0.05) is 47.6 Å². The number of aliphatic hydroxyl groups is 1. The lowest BCUT2D eigenvalue weighted by Gasteiger charge is -2.32. The number of anilines is 1. The van der Waals surface area contributed by atoms with Crippen LogP contribution in [0.3, 0.4) is 0 Å². The Labute approximate surface area is 246 Å². The molecule has 0 atom stereocenters. The second kappa shape index (κ2) is 12.3. The van der Waals surface area contributed by atoms with Crippen LogP contribution >= 0.6 is 0 Å². The minimum Gasteiger partial charge on any atom is -0.497 e. The number of nitrogens with zero attached hydrogens (tertiary/aromatic N) is 3. The van der Waals surface area contributed by atoms with E-state index in [4.69, 9.17) is 14.8 Å². The first-order valence-electron chi connectivity index (χ1n) is 14.8. The number of fused-ring (bicyclic) bond motifs is 3. The molecular weight excluding hydrogens is 524 g/mol. The van der Waals surface area contributed by atoms with Gasteiger partial charge >= 0.3 is 0 Å². The molecule has 1 saturated heterocycles. The molecule has 1 fully saturated rings.